The number of carbonyl (C=O) groups is 1. The van der Waals surface area contributed by atoms with Gasteiger partial charge in [-0.25, -0.2) is 13.2 Å². The zero-order valence-electron chi connectivity index (χ0n) is 9.46. The molecule has 1 aromatic heterocycles. The highest BCUT2D eigenvalue weighted by atomic mass is 32.2. The SMILES string of the molecule is CS(=O)(=O)[C@@H]1CC[C@H](OC(=O)c2ccco2)C1. The molecule has 5 nitrogen and oxygen atoms in total. The Hall–Kier alpha value is -1.30. The fourth-order valence-corrected chi connectivity index (χ4v) is 3.13. The molecule has 0 aliphatic heterocycles. The fourth-order valence-electron chi connectivity index (χ4n) is 2.00. The summed E-state index contributed by atoms with van der Waals surface area (Å²) < 4.78 is 32.8. The molecule has 6 heteroatoms. The molecular weight excluding hydrogens is 244 g/mol. The van der Waals surface area contributed by atoms with Gasteiger partial charge in [0.1, 0.15) is 15.9 Å². The molecule has 1 saturated carbocycles. The molecule has 0 bridgehead atoms. The van der Waals surface area contributed by atoms with Gasteiger partial charge in [0.15, 0.2) is 0 Å². The molecule has 0 unspecified atom stereocenters. The number of furan rings is 1. The van der Waals surface area contributed by atoms with Crippen LogP contribution >= 0.6 is 0 Å². The monoisotopic (exact) mass is 258 g/mol. The van der Waals surface area contributed by atoms with E-state index in [0.29, 0.717) is 19.3 Å². The van der Waals surface area contributed by atoms with Crippen molar-refractivity contribution in [2.24, 2.45) is 0 Å². The molecule has 1 aliphatic carbocycles. The van der Waals surface area contributed by atoms with Gasteiger partial charge in [-0.2, -0.15) is 0 Å². The lowest BCUT2D eigenvalue weighted by molar-refractivity contribution is 0.0282. The van der Waals surface area contributed by atoms with Crippen molar-refractivity contribution >= 4 is 15.8 Å². The van der Waals surface area contributed by atoms with Crippen molar-refractivity contribution in [1.82, 2.24) is 0 Å². The fraction of sp³-hybridized carbons (Fsp3) is 0.545. The largest absolute Gasteiger partial charge is 0.457 e. The van der Waals surface area contributed by atoms with Gasteiger partial charge in [-0.3, -0.25) is 0 Å². The smallest absolute Gasteiger partial charge is 0.374 e. The van der Waals surface area contributed by atoms with Crippen LogP contribution in [0.1, 0.15) is 29.8 Å². The van der Waals surface area contributed by atoms with E-state index in [1.54, 1.807) is 6.07 Å². The van der Waals surface area contributed by atoms with Crippen LogP contribution in [0.15, 0.2) is 22.8 Å². The van der Waals surface area contributed by atoms with E-state index in [-0.39, 0.29) is 11.9 Å². The Bertz CT molecular complexity index is 488. The van der Waals surface area contributed by atoms with Crippen molar-refractivity contribution in [2.75, 3.05) is 6.26 Å². The number of hydrogen-bond donors (Lipinski definition) is 0. The second-order valence-electron chi connectivity index (χ2n) is 4.27. The average molecular weight is 258 g/mol. The highest BCUT2D eigenvalue weighted by molar-refractivity contribution is 7.91. The lowest BCUT2D eigenvalue weighted by Crippen LogP contribution is -2.20. The topological polar surface area (TPSA) is 73.6 Å². The van der Waals surface area contributed by atoms with Gasteiger partial charge in [0.05, 0.1) is 11.5 Å². The summed E-state index contributed by atoms with van der Waals surface area (Å²) in [5, 5.41) is -0.392. The summed E-state index contributed by atoms with van der Waals surface area (Å²) in [7, 11) is -3.04. The van der Waals surface area contributed by atoms with Gasteiger partial charge in [0.2, 0.25) is 5.76 Å². The average Bonchev–Trinajstić information content (AvgIpc) is 2.85. The number of esters is 1. The number of carbonyl (C=O) groups excluding carboxylic acids is 1. The van der Waals surface area contributed by atoms with Crippen molar-refractivity contribution in [3.63, 3.8) is 0 Å². The summed E-state index contributed by atoms with van der Waals surface area (Å²) in [6.45, 7) is 0. The molecule has 0 aromatic carbocycles. The molecule has 0 N–H and O–H groups in total. The van der Waals surface area contributed by atoms with Crippen LogP contribution in [-0.4, -0.2) is 32.0 Å². The maximum atomic E-state index is 11.6. The summed E-state index contributed by atoms with van der Waals surface area (Å²) in [6, 6.07) is 3.12. The van der Waals surface area contributed by atoms with E-state index >= 15 is 0 Å². The third-order valence-electron chi connectivity index (χ3n) is 2.94. The molecule has 94 valence electrons. The third-order valence-corrected chi connectivity index (χ3v) is 4.58. The molecule has 0 radical (unpaired) electrons. The van der Waals surface area contributed by atoms with Gasteiger partial charge in [-0.05, 0) is 25.0 Å². The van der Waals surface area contributed by atoms with Crippen molar-refractivity contribution in [3.05, 3.63) is 24.2 Å². The molecule has 2 rings (SSSR count). The Labute approximate surface area is 99.7 Å². The van der Waals surface area contributed by atoms with Crippen LogP contribution < -0.4 is 0 Å². The summed E-state index contributed by atoms with van der Waals surface area (Å²) in [5.74, 6) is -0.387. The first kappa shape index (κ1) is 12.2. The minimum atomic E-state index is -3.04. The Balaban J connectivity index is 1.93. The van der Waals surface area contributed by atoms with Crippen LogP contribution in [-0.2, 0) is 14.6 Å². The molecule has 2 atom stereocenters. The number of rotatable bonds is 3. The molecule has 1 heterocycles. The van der Waals surface area contributed by atoms with Crippen LogP contribution in [0, 0.1) is 0 Å². The quantitative estimate of drug-likeness (QED) is 0.766. The highest BCUT2D eigenvalue weighted by Crippen LogP contribution is 2.27. The summed E-state index contributed by atoms with van der Waals surface area (Å²) >= 11 is 0. The van der Waals surface area contributed by atoms with E-state index in [9.17, 15) is 13.2 Å². The molecule has 1 aliphatic rings. The van der Waals surface area contributed by atoms with E-state index in [1.807, 2.05) is 0 Å². The van der Waals surface area contributed by atoms with Crippen LogP contribution in [0.4, 0.5) is 0 Å². The number of ether oxygens (including phenoxy) is 1. The van der Waals surface area contributed by atoms with E-state index in [2.05, 4.69) is 0 Å². The zero-order chi connectivity index (χ0) is 12.5. The van der Waals surface area contributed by atoms with Gasteiger partial charge >= 0.3 is 5.97 Å². The molecular formula is C11H14O5S. The Morgan fingerprint density at radius 3 is 2.76 bits per heavy atom. The molecule has 0 spiro atoms. The van der Waals surface area contributed by atoms with Crippen molar-refractivity contribution in [3.8, 4) is 0 Å². The summed E-state index contributed by atoms with van der Waals surface area (Å²) in [5.41, 5.74) is 0. The Morgan fingerprint density at radius 2 is 2.24 bits per heavy atom. The minimum absolute atomic E-state index is 0.146. The standard InChI is InChI=1S/C11H14O5S/c1-17(13,14)9-5-4-8(7-9)16-11(12)10-3-2-6-15-10/h2-3,6,8-9H,4-5,7H2,1H3/t8-,9+/m0/s1. The van der Waals surface area contributed by atoms with Crippen molar-refractivity contribution in [1.29, 1.82) is 0 Å². The van der Waals surface area contributed by atoms with Gasteiger partial charge in [0.25, 0.3) is 0 Å². The second-order valence-corrected chi connectivity index (χ2v) is 6.59. The maximum Gasteiger partial charge on any atom is 0.374 e. The van der Waals surface area contributed by atoms with Crippen LogP contribution in [0.25, 0.3) is 0 Å². The summed E-state index contributed by atoms with van der Waals surface area (Å²) in [6.07, 6.45) is 3.80. The Morgan fingerprint density at radius 1 is 1.47 bits per heavy atom. The predicted molar refractivity (Wildman–Crippen MR) is 60.4 cm³/mol. The van der Waals surface area contributed by atoms with Crippen LogP contribution in [0.2, 0.25) is 0 Å². The highest BCUT2D eigenvalue weighted by Gasteiger charge is 2.34. The van der Waals surface area contributed by atoms with Gasteiger partial charge in [-0.15, -0.1) is 0 Å². The molecule has 1 aromatic rings. The van der Waals surface area contributed by atoms with Gasteiger partial charge in [0, 0.05) is 12.7 Å². The minimum Gasteiger partial charge on any atom is -0.457 e. The van der Waals surface area contributed by atoms with E-state index < -0.39 is 21.1 Å². The number of sulfone groups is 1. The first-order valence-corrected chi connectivity index (χ1v) is 7.35. The normalized spacial score (nSPS) is 24.8. The van der Waals surface area contributed by atoms with Gasteiger partial charge < -0.3 is 9.15 Å². The third kappa shape index (κ3) is 2.88. The lowest BCUT2D eigenvalue weighted by Gasteiger charge is -2.10. The molecule has 1 fully saturated rings. The zero-order valence-corrected chi connectivity index (χ0v) is 10.3. The first-order chi connectivity index (χ1) is 7.97. The van der Waals surface area contributed by atoms with Crippen molar-refractivity contribution < 1.29 is 22.4 Å². The lowest BCUT2D eigenvalue weighted by atomic mass is 10.3. The number of hydrogen-bond acceptors (Lipinski definition) is 5. The summed E-state index contributed by atoms with van der Waals surface area (Å²) in [4.78, 5) is 11.6. The molecule has 0 saturated heterocycles. The van der Waals surface area contributed by atoms with Crippen LogP contribution in [0.5, 0.6) is 0 Å². The first-order valence-electron chi connectivity index (χ1n) is 5.40. The second kappa shape index (κ2) is 4.52. The van der Waals surface area contributed by atoms with E-state index in [1.165, 1.54) is 18.6 Å². The predicted octanol–water partition coefficient (Wildman–Crippen LogP) is 1.40. The van der Waals surface area contributed by atoms with E-state index in [0.717, 1.165) is 0 Å². The molecule has 17 heavy (non-hydrogen) atoms. The van der Waals surface area contributed by atoms with E-state index in [4.69, 9.17) is 9.15 Å². The maximum absolute atomic E-state index is 11.6. The van der Waals surface area contributed by atoms with Gasteiger partial charge in [-0.1, -0.05) is 0 Å². The Kier molecular flexibility index (Phi) is 3.24. The molecule has 0 amide bonds. The van der Waals surface area contributed by atoms with Crippen molar-refractivity contribution in [2.45, 2.75) is 30.6 Å². The van der Waals surface area contributed by atoms with Crippen LogP contribution in [0.3, 0.4) is 0 Å².